The molecule has 0 aromatic heterocycles. The Morgan fingerprint density at radius 3 is 2.89 bits per heavy atom. The van der Waals surface area contributed by atoms with Crippen molar-refractivity contribution in [3.05, 3.63) is 28.5 Å². The molecule has 0 bridgehead atoms. The molecule has 2 N–H and O–H groups in total. The summed E-state index contributed by atoms with van der Waals surface area (Å²) in [5.41, 5.74) is 0.688. The molecule has 0 spiro atoms. The molecule has 1 aromatic rings. The average Bonchev–Trinajstić information content (AvgIpc) is 2.38. The average molecular weight is 333 g/mol. The van der Waals surface area contributed by atoms with Gasteiger partial charge in [0.2, 0.25) is 5.91 Å². The zero-order valence-corrected chi connectivity index (χ0v) is 12.6. The molecule has 6 heteroatoms. The smallest absolute Gasteiger partial charge is 0.242 e. The Balaban J connectivity index is 2.42. The van der Waals surface area contributed by atoms with Crippen LogP contribution in [0.15, 0.2) is 22.7 Å². The molecule has 19 heavy (non-hydrogen) atoms. The summed E-state index contributed by atoms with van der Waals surface area (Å²) >= 11 is 3.10. The van der Waals surface area contributed by atoms with E-state index < -0.39 is 0 Å². The molecule has 1 unspecified atom stereocenters. The fourth-order valence-corrected chi connectivity index (χ4v) is 1.86. The molecule has 0 fully saturated rings. The van der Waals surface area contributed by atoms with Gasteiger partial charge in [0.1, 0.15) is 11.9 Å². The van der Waals surface area contributed by atoms with Gasteiger partial charge in [-0.1, -0.05) is 0 Å². The van der Waals surface area contributed by atoms with Crippen LogP contribution in [0.25, 0.3) is 0 Å². The molecular formula is C13H18BrFN2O2. The van der Waals surface area contributed by atoms with E-state index in [1.165, 1.54) is 6.07 Å². The van der Waals surface area contributed by atoms with E-state index in [1.54, 1.807) is 26.2 Å². The van der Waals surface area contributed by atoms with Crippen LogP contribution in [0.5, 0.6) is 0 Å². The van der Waals surface area contributed by atoms with Gasteiger partial charge >= 0.3 is 0 Å². The van der Waals surface area contributed by atoms with Crippen LogP contribution in [0, 0.1) is 5.82 Å². The number of anilines is 1. The molecule has 0 aliphatic carbocycles. The molecule has 0 saturated carbocycles. The van der Waals surface area contributed by atoms with Gasteiger partial charge in [-0.15, -0.1) is 0 Å². The minimum atomic E-state index is -0.389. The first-order valence-electron chi connectivity index (χ1n) is 6.03. The van der Waals surface area contributed by atoms with Gasteiger partial charge in [-0.2, -0.15) is 0 Å². The zero-order chi connectivity index (χ0) is 14.3. The first kappa shape index (κ1) is 15.9. The predicted octanol–water partition coefficient (Wildman–Crippen LogP) is 2.54. The third-order valence-corrected chi connectivity index (χ3v) is 3.13. The SMILES string of the molecule is COCCCNC(=O)C(C)Nc1ccc(F)c(Br)c1. The molecule has 106 valence electrons. The van der Waals surface area contributed by atoms with E-state index in [9.17, 15) is 9.18 Å². The first-order valence-corrected chi connectivity index (χ1v) is 6.82. The Hall–Kier alpha value is -1.14. The van der Waals surface area contributed by atoms with Crippen LogP contribution in [0.1, 0.15) is 13.3 Å². The highest BCUT2D eigenvalue weighted by molar-refractivity contribution is 9.10. The minimum Gasteiger partial charge on any atom is -0.385 e. The summed E-state index contributed by atoms with van der Waals surface area (Å²) in [6, 6.07) is 4.15. The summed E-state index contributed by atoms with van der Waals surface area (Å²) in [5, 5.41) is 5.81. The number of hydrogen-bond donors (Lipinski definition) is 2. The summed E-state index contributed by atoms with van der Waals surface area (Å²) in [5.74, 6) is -0.432. The molecule has 1 rings (SSSR count). The van der Waals surface area contributed by atoms with Crippen molar-refractivity contribution in [2.24, 2.45) is 0 Å². The van der Waals surface area contributed by atoms with E-state index in [4.69, 9.17) is 4.74 Å². The highest BCUT2D eigenvalue weighted by atomic mass is 79.9. The van der Waals surface area contributed by atoms with Crippen molar-refractivity contribution in [3.63, 3.8) is 0 Å². The van der Waals surface area contributed by atoms with E-state index >= 15 is 0 Å². The van der Waals surface area contributed by atoms with Gasteiger partial charge in [0.25, 0.3) is 0 Å². The number of ether oxygens (including phenoxy) is 1. The lowest BCUT2D eigenvalue weighted by molar-refractivity contribution is -0.121. The normalized spacial score (nSPS) is 12.0. The van der Waals surface area contributed by atoms with Crippen molar-refractivity contribution in [2.75, 3.05) is 25.6 Å². The van der Waals surface area contributed by atoms with Crippen LogP contribution in [0.2, 0.25) is 0 Å². The number of hydrogen-bond acceptors (Lipinski definition) is 3. The maximum atomic E-state index is 13.1. The van der Waals surface area contributed by atoms with E-state index in [2.05, 4.69) is 26.6 Å². The summed E-state index contributed by atoms with van der Waals surface area (Å²) in [6.45, 7) is 2.95. The van der Waals surface area contributed by atoms with Crippen LogP contribution in [-0.2, 0) is 9.53 Å². The second kappa shape index (κ2) is 8.12. The van der Waals surface area contributed by atoms with E-state index in [1.807, 2.05) is 0 Å². The Morgan fingerprint density at radius 1 is 1.53 bits per heavy atom. The van der Waals surface area contributed by atoms with Crippen LogP contribution in [0.4, 0.5) is 10.1 Å². The largest absolute Gasteiger partial charge is 0.385 e. The number of carbonyl (C=O) groups excluding carboxylic acids is 1. The van der Waals surface area contributed by atoms with Gasteiger partial charge in [-0.25, -0.2) is 4.39 Å². The molecular weight excluding hydrogens is 315 g/mol. The Bertz CT molecular complexity index is 429. The number of amides is 1. The van der Waals surface area contributed by atoms with Crippen molar-refractivity contribution in [2.45, 2.75) is 19.4 Å². The van der Waals surface area contributed by atoms with E-state index in [-0.39, 0.29) is 17.8 Å². The third kappa shape index (κ3) is 5.57. The summed E-state index contributed by atoms with van der Waals surface area (Å²) < 4.78 is 18.3. The monoisotopic (exact) mass is 332 g/mol. The third-order valence-electron chi connectivity index (χ3n) is 2.52. The maximum absolute atomic E-state index is 13.1. The standard InChI is InChI=1S/C13H18BrFN2O2/c1-9(13(18)16-6-3-7-19-2)17-10-4-5-12(15)11(14)8-10/h4-5,8-9,17H,3,6-7H2,1-2H3,(H,16,18). The lowest BCUT2D eigenvalue weighted by Crippen LogP contribution is -2.38. The topological polar surface area (TPSA) is 50.4 Å². The van der Waals surface area contributed by atoms with Gasteiger partial charge < -0.3 is 15.4 Å². The fraction of sp³-hybridized carbons (Fsp3) is 0.462. The molecule has 0 heterocycles. The second-order valence-corrected chi connectivity index (χ2v) is 4.99. The quantitative estimate of drug-likeness (QED) is 0.754. The summed E-state index contributed by atoms with van der Waals surface area (Å²) in [6.07, 6.45) is 0.775. The van der Waals surface area contributed by atoms with Crippen LogP contribution >= 0.6 is 15.9 Å². The Kier molecular flexibility index (Phi) is 6.80. The number of halogens is 2. The van der Waals surface area contributed by atoms with Crippen LogP contribution in [-0.4, -0.2) is 32.2 Å². The Morgan fingerprint density at radius 2 is 2.26 bits per heavy atom. The van der Waals surface area contributed by atoms with Crippen molar-refractivity contribution < 1.29 is 13.9 Å². The zero-order valence-electron chi connectivity index (χ0n) is 11.0. The van der Waals surface area contributed by atoms with Gasteiger partial charge in [-0.05, 0) is 47.5 Å². The van der Waals surface area contributed by atoms with Gasteiger partial charge in [-0.3, -0.25) is 4.79 Å². The van der Waals surface area contributed by atoms with Gasteiger partial charge in [0, 0.05) is 25.9 Å². The number of rotatable bonds is 7. The first-order chi connectivity index (χ1) is 9.04. The molecule has 1 atom stereocenters. The van der Waals surface area contributed by atoms with Crippen molar-refractivity contribution in [1.82, 2.24) is 5.32 Å². The predicted molar refractivity (Wildman–Crippen MR) is 76.7 cm³/mol. The number of carbonyl (C=O) groups is 1. The minimum absolute atomic E-state index is 0.100. The van der Waals surface area contributed by atoms with Crippen molar-refractivity contribution >= 4 is 27.5 Å². The summed E-state index contributed by atoms with van der Waals surface area (Å²) in [7, 11) is 1.62. The fourth-order valence-electron chi connectivity index (χ4n) is 1.48. The Labute approximate surface area is 120 Å². The molecule has 0 saturated heterocycles. The second-order valence-electron chi connectivity index (χ2n) is 4.13. The number of benzene rings is 1. The van der Waals surface area contributed by atoms with Gasteiger partial charge in [0.05, 0.1) is 4.47 Å². The summed E-state index contributed by atoms with van der Waals surface area (Å²) in [4.78, 5) is 11.8. The molecule has 4 nitrogen and oxygen atoms in total. The molecule has 0 aliphatic heterocycles. The van der Waals surface area contributed by atoms with E-state index in [0.29, 0.717) is 23.3 Å². The van der Waals surface area contributed by atoms with Crippen molar-refractivity contribution in [3.8, 4) is 0 Å². The van der Waals surface area contributed by atoms with Crippen LogP contribution < -0.4 is 10.6 Å². The molecule has 0 aliphatic rings. The number of methoxy groups -OCH3 is 1. The highest BCUT2D eigenvalue weighted by Gasteiger charge is 2.12. The van der Waals surface area contributed by atoms with Crippen LogP contribution in [0.3, 0.4) is 0 Å². The molecule has 1 aromatic carbocycles. The lowest BCUT2D eigenvalue weighted by Gasteiger charge is -2.15. The van der Waals surface area contributed by atoms with Gasteiger partial charge in [0.15, 0.2) is 0 Å². The lowest BCUT2D eigenvalue weighted by atomic mass is 10.2. The molecule has 0 radical (unpaired) electrons. The van der Waals surface area contributed by atoms with E-state index in [0.717, 1.165) is 6.42 Å². The molecule has 1 amide bonds. The van der Waals surface area contributed by atoms with Crippen molar-refractivity contribution in [1.29, 1.82) is 0 Å². The maximum Gasteiger partial charge on any atom is 0.242 e. The highest BCUT2D eigenvalue weighted by Crippen LogP contribution is 2.20. The number of nitrogens with one attached hydrogen (secondary N) is 2.